The van der Waals surface area contributed by atoms with Gasteiger partial charge in [0.25, 0.3) is 5.78 Å². The molecule has 1 aromatic heterocycles. The van der Waals surface area contributed by atoms with Gasteiger partial charge in [-0.15, -0.1) is 10.2 Å². The van der Waals surface area contributed by atoms with E-state index >= 15 is 0 Å². The molecular weight excluding hydrogens is 466 g/mol. The number of anilines is 1. The number of hydrogen-bond acceptors (Lipinski definition) is 6. The number of aliphatic hydroxyl groups is 1. The molecule has 6 nitrogen and oxygen atoms in total. The second-order valence-electron chi connectivity index (χ2n) is 7.14. The summed E-state index contributed by atoms with van der Waals surface area (Å²) in [6, 6.07) is 12.1. The van der Waals surface area contributed by atoms with Crippen LogP contribution in [0, 0.1) is 20.8 Å². The number of nitrogens with zero attached hydrogens (tertiary/aromatic N) is 3. The first-order valence-corrected chi connectivity index (χ1v) is 10.8. The van der Waals surface area contributed by atoms with E-state index in [2.05, 4.69) is 26.1 Å². The molecule has 1 atom stereocenters. The Balaban J connectivity index is 1.97. The van der Waals surface area contributed by atoms with E-state index in [0.717, 1.165) is 15.6 Å². The molecule has 1 aliphatic heterocycles. The van der Waals surface area contributed by atoms with Gasteiger partial charge in [-0.05, 0) is 50.1 Å². The van der Waals surface area contributed by atoms with Crippen LogP contribution in [0.15, 0.2) is 52.5 Å². The molecule has 0 spiro atoms. The summed E-state index contributed by atoms with van der Waals surface area (Å²) in [5.74, 6) is -1.66. The Kier molecular flexibility index (Phi) is 5.29. The van der Waals surface area contributed by atoms with Crippen molar-refractivity contribution in [3.05, 3.63) is 79.8 Å². The van der Waals surface area contributed by atoms with Gasteiger partial charge < -0.3 is 5.11 Å². The van der Waals surface area contributed by atoms with Gasteiger partial charge in [0.05, 0.1) is 11.6 Å². The zero-order chi connectivity index (χ0) is 21.6. The first-order chi connectivity index (χ1) is 14.3. The number of carbonyl (C=O) groups is 2. The Morgan fingerprint density at radius 2 is 1.77 bits per heavy atom. The molecule has 2 heterocycles. The van der Waals surface area contributed by atoms with Crippen molar-refractivity contribution in [2.45, 2.75) is 26.8 Å². The largest absolute Gasteiger partial charge is 0.507 e. The smallest absolute Gasteiger partial charge is 0.301 e. The molecule has 152 valence electrons. The van der Waals surface area contributed by atoms with E-state index in [-0.39, 0.29) is 11.3 Å². The zero-order valence-corrected chi connectivity index (χ0v) is 18.9. The van der Waals surface area contributed by atoms with E-state index in [1.807, 2.05) is 56.3 Å². The molecule has 1 saturated heterocycles. The van der Waals surface area contributed by atoms with Crippen LogP contribution in [0.2, 0.25) is 0 Å². The van der Waals surface area contributed by atoms with Gasteiger partial charge in [0.2, 0.25) is 5.13 Å². The van der Waals surface area contributed by atoms with E-state index in [9.17, 15) is 14.7 Å². The summed E-state index contributed by atoms with van der Waals surface area (Å²) in [6.45, 7) is 5.54. The number of benzene rings is 2. The molecule has 30 heavy (non-hydrogen) atoms. The van der Waals surface area contributed by atoms with Crippen LogP contribution in [-0.4, -0.2) is 27.0 Å². The average molecular weight is 484 g/mol. The minimum absolute atomic E-state index is 0.0453. The SMILES string of the molecule is Cc1ccc(C)c(/C(O)=C2\C(=O)C(=O)N(c3nnc(C)s3)C2c2ccc(Br)cc2)c1. The normalized spacial score (nSPS) is 18.3. The number of halogens is 1. The summed E-state index contributed by atoms with van der Waals surface area (Å²) < 4.78 is 0.865. The summed E-state index contributed by atoms with van der Waals surface area (Å²) in [6.07, 6.45) is 0. The third-order valence-corrected chi connectivity index (χ3v) is 6.37. The van der Waals surface area contributed by atoms with Crippen LogP contribution in [0.1, 0.15) is 33.3 Å². The molecule has 2 aromatic carbocycles. The van der Waals surface area contributed by atoms with E-state index in [1.165, 1.54) is 16.2 Å². The van der Waals surface area contributed by atoms with Crippen molar-refractivity contribution in [3.63, 3.8) is 0 Å². The maximum atomic E-state index is 13.1. The highest BCUT2D eigenvalue weighted by Gasteiger charge is 2.48. The molecule has 1 fully saturated rings. The number of carbonyl (C=O) groups excluding carboxylic acids is 2. The summed E-state index contributed by atoms with van der Waals surface area (Å²) in [5, 5.41) is 20.3. The highest BCUT2D eigenvalue weighted by atomic mass is 79.9. The van der Waals surface area contributed by atoms with Gasteiger partial charge in [0, 0.05) is 10.0 Å². The van der Waals surface area contributed by atoms with Crippen molar-refractivity contribution in [2.24, 2.45) is 0 Å². The quantitative estimate of drug-likeness (QED) is 0.327. The number of ketones is 1. The minimum Gasteiger partial charge on any atom is -0.507 e. The Hall–Kier alpha value is -2.84. The van der Waals surface area contributed by atoms with Crippen molar-refractivity contribution >= 4 is 49.8 Å². The molecule has 1 aliphatic rings. The Morgan fingerprint density at radius 1 is 1.07 bits per heavy atom. The first kappa shape index (κ1) is 20.4. The second-order valence-corrected chi connectivity index (χ2v) is 9.22. The summed E-state index contributed by atoms with van der Waals surface area (Å²) in [4.78, 5) is 27.4. The Bertz CT molecular complexity index is 1200. The number of amides is 1. The van der Waals surface area contributed by atoms with Gasteiger partial charge in [0.1, 0.15) is 10.8 Å². The maximum Gasteiger partial charge on any atom is 0.301 e. The van der Waals surface area contributed by atoms with E-state index < -0.39 is 17.7 Å². The Labute approximate surface area is 186 Å². The van der Waals surface area contributed by atoms with Gasteiger partial charge in [0.15, 0.2) is 0 Å². The highest BCUT2D eigenvalue weighted by Crippen LogP contribution is 2.43. The Morgan fingerprint density at radius 3 is 2.40 bits per heavy atom. The van der Waals surface area contributed by atoms with Crippen LogP contribution < -0.4 is 4.90 Å². The topological polar surface area (TPSA) is 83.4 Å². The zero-order valence-electron chi connectivity index (χ0n) is 16.5. The minimum atomic E-state index is -0.801. The predicted molar refractivity (Wildman–Crippen MR) is 119 cm³/mol. The monoisotopic (exact) mass is 483 g/mol. The molecule has 0 radical (unpaired) electrons. The van der Waals surface area contributed by atoms with Gasteiger partial charge >= 0.3 is 5.91 Å². The van der Waals surface area contributed by atoms with Gasteiger partial charge in [-0.25, -0.2) is 0 Å². The number of rotatable bonds is 3. The lowest BCUT2D eigenvalue weighted by Gasteiger charge is -2.22. The summed E-state index contributed by atoms with van der Waals surface area (Å²) in [5.41, 5.74) is 3.02. The van der Waals surface area contributed by atoms with Crippen LogP contribution in [0.4, 0.5) is 5.13 Å². The van der Waals surface area contributed by atoms with Gasteiger partial charge in [-0.2, -0.15) is 0 Å². The first-order valence-electron chi connectivity index (χ1n) is 9.22. The van der Waals surface area contributed by atoms with Crippen LogP contribution in [0.3, 0.4) is 0 Å². The lowest BCUT2D eigenvalue weighted by Crippen LogP contribution is -2.29. The third kappa shape index (κ3) is 3.46. The van der Waals surface area contributed by atoms with Crippen LogP contribution in [-0.2, 0) is 9.59 Å². The molecule has 4 rings (SSSR count). The molecule has 1 N–H and O–H groups in total. The summed E-state index contributed by atoms with van der Waals surface area (Å²) in [7, 11) is 0. The number of aromatic nitrogens is 2. The van der Waals surface area contributed by atoms with Gasteiger partial charge in [-0.3, -0.25) is 14.5 Å². The highest BCUT2D eigenvalue weighted by molar-refractivity contribution is 9.10. The fourth-order valence-electron chi connectivity index (χ4n) is 3.51. The van der Waals surface area contributed by atoms with E-state index in [0.29, 0.717) is 21.3 Å². The van der Waals surface area contributed by atoms with Crippen LogP contribution >= 0.6 is 27.3 Å². The molecule has 0 saturated carbocycles. The molecule has 0 aliphatic carbocycles. The van der Waals surface area contributed by atoms with Gasteiger partial charge in [-0.1, -0.05) is 57.1 Å². The average Bonchev–Trinajstić information content (AvgIpc) is 3.25. The molecule has 1 amide bonds. The number of aliphatic hydroxyl groups excluding tert-OH is 1. The van der Waals surface area contributed by atoms with Crippen LogP contribution in [0.25, 0.3) is 5.76 Å². The number of hydrogen-bond donors (Lipinski definition) is 1. The van der Waals surface area contributed by atoms with Crippen molar-refractivity contribution < 1.29 is 14.7 Å². The number of Topliss-reactive ketones (excluding diaryl/α,β-unsaturated/α-hetero) is 1. The maximum absolute atomic E-state index is 13.1. The number of aryl methyl sites for hydroxylation is 3. The standard InChI is InChI=1S/C22H18BrN3O3S/c1-11-4-5-12(2)16(10-11)19(27)17-18(14-6-8-15(23)9-7-14)26(21(29)20(17)28)22-25-24-13(3)30-22/h4-10,18,27H,1-3H3/b19-17+. The lowest BCUT2D eigenvalue weighted by molar-refractivity contribution is -0.132. The van der Waals surface area contributed by atoms with E-state index in [4.69, 9.17) is 0 Å². The fraction of sp³-hybridized carbons (Fsp3) is 0.182. The molecule has 0 bridgehead atoms. The third-order valence-electron chi connectivity index (χ3n) is 5.00. The van der Waals surface area contributed by atoms with Crippen molar-refractivity contribution in [1.29, 1.82) is 0 Å². The predicted octanol–water partition coefficient (Wildman–Crippen LogP) is 4.85. The lowest BCUT2D eigenvalue weighted by atomic mass is 9.93. The molecule has 3 aromatic rings. The second kappa shape index (κ2) is 7.77. The van der Waals surface area contributed by atoms with Crippen molar-refractivity contribution in [1.82, 2.24) is 10.2 Å². The van der Waals surface area contributed by atoms with E-state index in [1.54, 1.807) is 6.92 Å². The van der Waals surface area contributed by atoms with Crippen LogP contribution in [0.5, 0.6) is 0 Å². The van der Waals surface area contributed by atoms with Crippen molar-refractivity contribution in [2.75, 3.05) is 4.90 Å². The molecular formula is C22H18BrN3O3S. The summed E-state index contributed by atoms with van der Waals surface area (Å²) >= 11 is 4.63. The molecule has 1 unspecified atom stereocenters. The molecule has 8 heteroatoms. The fourth-order valence-corrected chi connectivity index (χ4v) is 4.49. The van der Waals surface area contributed by atoms with Crippen molar-refractivity contribution in [3.8, 4) is 0 Å².